The van der Waals surface area contributed by atoms with Crippen LogP contribution in [-0.4, -0.2) is 41.7 Å². The molecule has 9 heteroatoms. The Morgan fingerprint density at radius 1 is 0.800 bits per heavy atom. The first kappa shape index (κ1) is 25.8. The van der Waals surface area contributed by atoms with Crippen LogP contribution in [0.25, 0.3) is 0 Å². The highest BCUT2D eigenvalue weighted by molar-refractivity contribution is 7.80. The molecule has 0 fully saturated rings. The highest BCUT2D eigenvalue weighted by atomic mass is 32.3. The van der Waals surface area contributed by atoms with E-state index < -0.39 is 22.3 Å². The van der Waals surface area contributed by atoms with Crippen molar-refractivity contribution < 1.29 is 37.0 Å². The molecule has 0 spiro atoms. The van der Waals surface area contributed by atoms with Crippen LogP contribution in [0.3, 0.4) is 0 Å². The van der Waals surface area contributed by atoms with Crippen LogP contribution >= 0.6 is 0 Å². The molecule has 0 saturated carbocycles. The number of unbranched alkanes of at least 4 members (excludes halogenated alkanes) is 9. The van der Waals surface area contributed by atoms with Crippen molar-refractivity contribution in [1.82, 2.24) is 0 Å². The summed E-state index contributed by atoms with van der Waals surface area (Å²) in [7, 11) is -4.23. The van der Waals surface area contributed by atoms with Gasteiger partial charge in [-0.05, 0) is 6.42 Å². The smallest absolute Gasteiger partial charge is 0.397 e. The van der Waals surface area contributed by atoms with Crippen molar-refractivity contribution in [2.24, 2.45) is 0 Å². The summed E-state index contributed by atoms with van der Waals surface area (Å²) in [4.78, 5) is 19.1. The van der Waals surface area contributed by atoms with Gasteiger partial charge >= 0.3 is 22.3 Å². The van der Waals surface area contributed by atoms with Gasteiger partial charge in [-0.15, -0.1) is 0 Å². The first-order chi connectivity index (χ1) is 11.7. The summed E-state index contributed by atoms with van der Waals surface area (Å²) in [6.45, 7) is 2.31. The van der Waals surface area contributed by atoms with Gasteiger partial charge in [0.15, 0.2) is 0 Å². The maximum Gasteiger partial charge on any atom is 0.397 e. The summed E-state index contributed by atoms with van der Waals surface area (Å²) >= 11 is 0. The molecule has 0 unspecified atom stereocenters. The number of aliphatic carboxylic acids is 2. The summed E-state index contributed by atoms with van der Waals surface area (Å²) in [6.07, 6.45) is 13.0. The molecule has 0 atom stereocenters. The standard InChI is InChI=1S/C12H26O4S.C4H4O4/c1-2-3-4-5-6-7-8-9-10-11-12-16-17(13,14)15;5-3(6)1-2-4(7)8/h2-12H2,1H3,(H,13,14,15);1-2H,(H,5,6)(H,7,8)/b;2-1-. The minimum atomic E-state index is -4.23. The number of carbonyl (C=O) groups is 2. The third kappa shape index (κ3) is 30.9. The molecule has 0 amide bonds. The average molecular weight is 382 g/mol. The quantitative estimate of drug-likeness (QED) is 0.236. The van der Waals surface area contributed by atoms with E-state index in [4.69, 9.17) is 14.8 Å². The minimum Gasteiger partial charge on any atom is -0.478 e. The van der Waals surface area contributed by atoms with Crippen LogP contribution in [0, 0.1) is 0 Å². The molecule has 0 aliphatic rings. The number of hydrogen-bond donors (Lipinski definition) is 3. The summed E-state index contributed by atoms with van der Waals surface area (Å²) in [6, 6.07) is 0. The van der Waals surface area contributed by atoms with Crippen LogP contribution in [0.2, 0.25) is 0 Å². The summed E-state index contributed by atoms with van der Waals surface area (Å²) in [5.74, 6) is -2.51. The normalized spacial score (nSPS) is 11.1. The molecule has 0 aliphatic carbocycles. The number of rotatable bonds is 14. The molecule has 0 aliphatic heterocycles. The lowest BCUT2D eigenvalue weighted by Gasteiger charge is -2.02. The molecule has 8 nitrogen and oxygen atoms in total. The third-order valence-electron chi connectivity index (χ3n) is 3.10. The van der Waals surface area contributed by atoms with E-state index in [1.807, 2.05) is 0 Å². The fraction of sp³-hybridized carbons (Fsp3) is 0.750. The molecule has 0 radical (unpaired) electrons. The Kier molecular flexibility index (Phi) is 17.9. The Hall–Kier alpha value is -1.45. The first-order valence-electron chi connectivity index (χ1n) is 8.44. The third-order valence-corrected chi connectivity index (χ3v) is 3.56. The Morgan fingerprint density at radius 2 is 1.16 bits per heavy atom. The van der Waals surface area contributed by atoms with Gasteiger partial charge in [0.25, 0.3) is 0 Å². The molecule has 0 rings (SSSR count). The van der Waals surface area contributed by atoms with E-state index in [0.29, 0.717) is 18.6 Å². The van der Waals surface area contributed by atoms with Gasteiger partial charge in [-0.25, -0.2) is 13.8 Å². The number of hydrogen-bond acceptors (Lipinski definition) is 5. The predicted octanol–water partition coefficient (Wildman–Crippen LogP) is 3.44. The van der Waals surface area contributed by atoms with Gasteiger partial charge < -0.3 is 10.2 Å². The van der Waals surface area contributed by atoms with Crippen molar-refractivity contribution in [1.29, 1.82) is 0 Å². The fourth-order valence-electron chi connectivity index (χ4n) is 1.90. The van der Waals surface area contributed by atoms with Gasteiger partial charge in [-0.2, -0.15) is 8.42 Å². The van der Waals surface area contributed by atoms with E-state index in [1.54, 1.807) is 0 Å². The van der Waals surface area contributed by atoms with Crippen molar-refractivity contribution in [3.8, 4) is 0 Å². The van der Waals surface area contributed by atoms with Gasteiger partial charge in [-0.3, -0.25) is 4.55 Å². The van der Waals surface area contributed by atoms with Gasteiger partial charge in [0.2, 0.25) is 0 Å². The Labute approximate surface area is 149 Å². The minimum absolute atomic E-state index is 0.0926. The lowest BCUT2D eigenvalue weighted by molar-refractivity contribution is -0.134. The highest BCUT2D eigenvalue weighted by Gasteiger charge is 2.02. The molecule has 148 valence electrons. The second kappa shape index (κ2) is 17.4. The molecule has 0 aromatic rings. The highest BCUT2D eigenvalue weighted by Crippen LogP contribution is 2.10. The van der Waals surface area contributed by atoms with E-state index in [0.717, 1.165) is 12.8 Å². The number of carboxylic acid groups (broad SMARTS) is 2. The van der Waals surface area contributed by atoms with E-state index in [9.17, 15) is 18.0 Å². The SMILES string of the molecule is CCCCCCCCCCCCOS(=O)(=O)O.O=C(O)/C=C\C(=O)O. The largest absolute Gasteiger partial charge is 0.478 e. The van der Waals surface area contributed by atoms with Crippen molar-refractivity contribution in [3.63, 3.8) is 0 Å². The monoisotopic (exact) mass is 382 g/mol. The lowest BCUT2D eigenvalue weighted by Crippen LogP contribution is -2.04. The van der Waals surface area contributed by atoms with Gasteiger partial charge in [0.1, 0.15) is 0 Å². The van der Waals surface area contributed by atoms with Crippen LogP contribution < -0.4 is 0 Å². The summed E-state index contributed by atoms with van der Waals surface area (Å²) in [5.41, 5.74) is 0. The second-order valence-electron chi connectivity index (χ2n) is 5.44. The molecular weight excluding hydrogens is 352 g/mol. The van der Waals surface area contributed by atoms with Gasteiger partial charge in [0, 0.05) is 12.2 Å². The van der Waals surface area contributed by atoms with Gasteiger partial charge in [-0.1, -0.05) is 64.7 Å². The van der Waals surface area contributed by atoms with Crippen molar-refractivity contribution in [2.75, 3.05) is 6.61 Å². The summed E-state index contributed by atoms with van der Waals surface area (Å²) in [5, 5.41) is 15.6. The number of carboxylic acids is 2. The maximum atomic E-state index is 10.2. The van der Waals surface area contributed by atoms with Crippen LogP contribution in [0.15, 0.2) is 12.2 Å². The predicted molar refractivity (Wildman–Crippen MR) is 93.8 cm³/mol. The maximum absolute atomic E-state index is 10.2. The van der Waals surface area contributed by atoms with E-state index in [-0.39, 0.29) is 6.61 Å². The van der Waals surface area contributed by atoms with Crippen molar-refractivity contribution >= 4 is 22.3 Å². The van der Waals surface area contributed by atoms with Crippen LogP contribution in [-0.2, 0) is 24.2 Å². The fourth-order valence-corrected chi connectivity index (χ4v) is 2.22. The zero-order valence-corrected chi connectivity index (χ0v) is 15.5. The molecule has 25 heavy (non-hydrogen) atoms. The topological polar surface area (TPSA) is 138 Å². The van der Waals surface area contributed by atoms with Crippen LogP contribution in [0.1, 0.15) is 71.1 Å². The molecule has 0 heterocycles. The Balaban J connectivity index is 0. The van der Waals surface area contributed by atoms with E-state index in [2.05, 4.69) is 11.1 Å². The first-order valence-corrected chi connectivity index (χ1v) is 9.81. The molecule has 3 N–H and O–H groups in total. The summed E-state index contributed by atoms with van der Waals surface area (Å²) < 4.78 is 33.0. The molecule has 0 bridgehead atoms. The molecule has 0 aromatic carbocycles. The average Bonchev–Trinajstić information content (AvgIpc) is 2.50. The molecule has 0 aromatic heterocycles. The van der Waals surface area contributed by atoms with Crippen molar-refractivity contribution in [2.45, 2.75) is 71.1 Å². The lowest BCUT2D eigenvalue weighted by atomic mass is 10.1. The van der Waals surface area contributed by atoms with E-state index in [1.165, 1.54) is 44.9 Å². The second-order valence-corrected chi connectivity index (χ2v) is 6.53. The zero-order chi connectivity index (χ0) is 19.6. The molecule has 0 saturated heterocycles. The van der Waals surface area contributed by atoms with Crippen LogP contribution in [0.5, 0.6) is 0 Å². The van der Waals surface area contributed by atoms with Crippen molar-refractivity contribution in [3.05, 3.63) is 12.2 Å². The Bertz CT molecular complexity index is 455. The zero-order valence-electron chi connectivity index (χ0n) is 14.7. The molecular formula is C16H30O8S. The van der Waals surface area contributed by atoms with Crippen LogP contribution in [0.4, 0.5) is 0 Å². The Morgan fingerprint density at radius 3 is 1.48 bits per heavy atom. The van der Waals surface area contributed by atoms with E-state index >= 15 is 0 Å². The van der Waals surface area contributed by atoms with Gasteiger partial charge in [0.05, 0.1) is 6.61 Å².